The van der Waals surface area contributed by atoms with Crippen molar-refractivity contribution in [2.75, 3.05) is 57.4 Å². The lowest BCUT2D eigenvalue weighted by molar-refractivity contribution is -0.646. The number of rotatable bonds is 23. The summed E-state index contributed by atoms with van der Waals surface area (Å²) in [7, 11) is -19.8. The lowest BCUT2D eigenvalue weighted by atomic mass is 9.99. The Morgan fingerprint density at radius 3 is 2.00 bits per heavy atom. The summed E-state index contributed by atoms with van der Waals surface area (Å²) < 4.78 is 116. The SMILES string of the molecule is COC[C@H]1[C@@H](O)[C@H](n2c[n+](C)c3c(=O)[nH]c(NC(C)C)nc32)O[C@@H]1COP(=O)(O)OP(=O)(O)OP(=O)(O)OC[C@H]1O[C@@H](n2cnc3c(N)ncnc32)[C@H](OC)[C@@H]1OP(=O)([O-])OC[C@H]1O[C@@H](n2cnc3c(=O)[nH]c(N)nc32)[C@H](O)[C@@H]1O. The summed E-state index contributed by atoms with van der Waals surface area (Å²) in [6, 6.07) is -0.145. The number of H-pyrrole nitrogens is 2. The van der Waals surface area contributed by atoms with E-state index in [2.05, 4.69) is 53.8 Å². The number of aliphatic hydroxyl groups excluding tert-OH is 3. The Labute approximate surface area is 447 Å². The second-order valence-corrected chi connectivity index (χ2v) is 24.3. The van der Waals surface area contributed by atoms with E-state index >= 15 is 0 Å². The Morgan fingerprint density at radius 1 is 0.725 bits per heavy atom. The van der Waals surface area contributed by atoms with Gasteiger partial charge in [0.1, 0.15) is 54.6 Å². The number of fused-ring (bicyclic) bond motifs is 3. The molecule has 0 radical (unpaired) electrons. The number of nitrogens with one attached hydrogen (secondary N) is 3. The zero-order valence-corrected chi connectivity index (χ0v) is 45.7. The van der Waals surface area contributed by atoms with E-state index in [1.54, 1.807) is 13.8 Å². The van der Waals surface area contributed by atoms with Gasteiger partial charge in [-0.25, -0.2) is 38.2 Å². The maximum atomic E-state index is 13.6. The molecule has 4 unspecified atom stereocenters. The van der Waals surface area contributed by atoms with E-state index in [-0.39, 0.29) is 63.9 Å². The molecule has 3 saturated heterocycles. The van der Waals surface area contributed by atoms with Crippen LogP contribution >= 0.6 is 31.3 Å². The topological polar surface area (TPSA) is 540 Å². The molecule has 9 rings (SSSR count). The van der Waals surface area contributed by atoms with Crippen LogP contribution < -0.4 is 37.4 Å². The van der Waals surface area contributed by atoms with Gasteiger partial charge in [0.05, 0.1) is 52.2 Å². The molecular weight excluding hydrogens is 1160 g/mol. The Bertz CT molecular complexity index is 3580. The van der Waals surface area contributed by atoms with Crippen LogP contribution in [0.15, 0.2) is 34.9 Å². The molecule has 3 aliphatic rings. The van der Waals surface area contributed by atoms with Crippen molar-refractivity contribution in [2.24, 2.45) is 13.0 Å². The number of aromatic nitrogens is 12. The summed E-state index contributed by atoms with van der Waals surface area (Å²) in [6.45, 7) is 0.0995. The van der Waals surface area contributed by atoms with E-state index in [1.807, 2.05) is 0 Å². The molecule has 43 heteroatoms. The highest BCUT2D eigenvalue weighted by Gasteiger charge is 2.53. The standard InChI is InChI=1S/C37H53N15O24P4/c1-14(2)44-37-46-30-21(32(57)48-37)49(3)13-52(30)33-22(53)15(6-66-4)16(71-33)7-69-78(60,61)75-80(64,65)76-79(62,63)70-9-18-25(26(67-5)35(73-18)50-11-42-19-27(38)40-10-41-28(19)50)74-77(58,59)68-8-17-23(54)24(55)34(72-17)51-12-43-20-29(51)45-36(39)47-31(20)56/h10-18,22-26,33-35,53-55H,6-9H2,1-5H3,(H10-,38,39,40,41,44,45,46,47,48,56,57,58,59,60,61,62,63,64,65)/t15-,16-,17-,18-,22-,23-,24-,25-,26-,33-,34-,35-/m1/s1. The number of phosphoric ester groups is 3. The first kappa shape index (κ1) is 59.5. The van der Waals surface area contributed by atoms with Crippen LogP contribution in [0.3, 0.4) is 0 Å². The van der Waals surface area contributed by atoms with Crippen molar-refractivity contribution in [2.45, 2.75) is 87.4 Å². The van der Waals surface area contributed by atoms with E-state index < -0.39 is 136 Å². The molecule has 0 spiro atoms. The quantitative estimate of drug-likeness (QED) is 0.0222. The smallest absolute Gasteiger partial charge is 0.490 e. The molecule has 13 N–H and O–H groups in total. The second kappa shape index (κ2) is 22.9. The number of aromatic amines is 2. The van der Waals surface area contributed by atoms with Crippen LogP contribution in [-0.2, 0) is 75.7 Å². The third kappa shape index (κ3) is 12.3. The number of aliphatic hydroxyl groups is 3. The maximum Gasteiger partial charge on any atom is 0.490 e. The van der Waals surface area contributed by atoms with Gasteiger partial charge in [0, 0.05) is 26.2 Å². The summed E-state index contributed by atoms with van der Waals surface area (Å²) in [5.74, 6) is -1.34. The van der Waals surface area contributed by atoms with Crippen molar-refractivity contribution in [1.29, 1.82) is 0 Å². The molecule has 0 amide bonds. The molecular formula is C37H53N15O24P4. The van der Waals surface area contributed by atoms with Crippen molar-refractivity contribution in [3.05, 3.63) is 46.0 Å². The van der Waals surface area contributed by atoms with Gasteiger partial charge in [0.15, 0.2) is 35.1 Å². The summed E-state index contributed by atoms with van der Waals surface area (Å²) >= 11 is 0. The highest BCUT2D eigenvalue weighted by molar-refractivity contribution is 7.66. The molecule has 3 aliphatic heterocycles. The van der Waals surface area contributed by atoms with E-state index in [0.29, 0.717) is 0 Å². The summed E-state index contributed by atoms with van der Waals surface area (Å²) in [5, 5.41) is 36.2. The van der Waals surface area contributed by atoms with Crippen molar-refractivity contribution < 1.29 is 108 Å². The molecule has 0 bridgehead atoms. The number of imidazole rings is 3. The third-order valence-electron chi connectivity index (χ3n) is 12.5. The fraction of sp³-hybridized carbons (Fsp3) is 0.595. The van der Waals surface area contributed by atoms with Gasteiger partial charge in [-0.05, 0) is 13.8 Å². The van der Waals surface area contributed by atoms with Crippen LogP contribution in [0, 0.1) is 5.92 Å². The maximum absolute atomic E-state index is 13.6. The zero-order chi connectivity index (χ0) is 58.0. The summed E-state index contributed by atoms with van der Waals surface area (Å²) in [4.78, 5) is 100. The van der Waals surface area contributed by atoms with Crippen LogP contribution in [0.5, 0.6) is 0 Å². The molecule has 0 aliphatic carbocycles. The van der Waals surface area contributed by atoms with E-state index in [0.717, 1.165) is 30.7 Å². The third-order valence-corrected chi connectivity index (χ3v) is 17.7. The summed E-state index contributed by atoms with van der Waals surface area (Å²) in [6.07, 6.45) is -13.1. The van der Waals surface area contributed by atoms with Gasteiger partial charge in [0.2, 0.25) is 24.5 Å². The Balaban J connectivity index is 0.868. The number of nitrogens with two attached hydrogens (primary N) is 2. The monoisotopic (exact) mass is 1220 g/mol. The van der Waals surface area contributed by atoms with Crippen LogP contribution in [-0.4, -0.2) is 179 Å². The first-order valence-electron chi connectivity index (χ1n) is 23.4. The minimum atomic E-state index is -6.19. The molecule has 9 heterocycles. The van der Waals surface area contributed by atoms with E-state index in [4.69, 9.17) is 53.2 Å². The molecule has 3 fully saturated rings. The minimum absolute atomic E-state index is 0.00199. The average Bonchev–Trinajstić information content (AvgIpc) is 4.35. The molecule has 440 valence electrons. The minimum Gasteiger partial charge on any atom is -0.756 e. The van der Waals surface area contributed by atoms with Crippen molar-refractivity contribution in [3.63, 3.8) is 0 Å². The predicted molar refractivity (Wildman–Crippen MR) is 260 cm³/mol. The number of hydrogen-bond donors (Lipinski definition) is 11. The van der Waals surface area contributed by atoms with E-state index in [9.17, 15) is 62.7 Å². The number of hydrogen-bond acceptors (Lipinski definition) is 30. The van der Waals surface area contributed by atoms with Gasteiger partial charge < -0.3 is 84.4 Å². The molecule has 6 aromatic heterocycles. The largest absolute Gasteiger partial charge is 0.756 e. The number of ether oxygens (including phenoxy) is 5. The number of aryl methyl sites for hydroxylation is 1. The van der Waals surface area contributed by atoms with Gasteiger partial charge in [0.25, 0.3) is 24.5 Å². The summed E-state index contributed by atoms with van der Waals surface area (Å²) in [5.41, 5.74) is 10.2. The zero-order valence-electron chi connectivity index (χ0n) is 42.1. The van der Waals surface area contributed by atoms with E-state index in [1.165, 1.54) is 34.2 Å². The Morgan fingerprint density at radius 2 is 1.34 bits per heavy atom. The fourth-order valence-electron chi connectivity index (χ4n) is 9.09. The average molecular weight is 1220 g/mol. The van der Waals surface area contributed by atoms with Gasteiger partial charge >= 0.3 is 29.0 Å². The first-order valence-corrected chi connectivity index (χ1v) is 29.3. The molecule has 80 heavy (non-hydrogen) atoms. The molecule has 0 aromatic carbocycles. The Kier molecular flexibility index (Phi) is 17.0. The number of methoxy groups -OCH3 is 2. The lowest BCUT2D eigenvalue weighted by Gasteiger charge is -2.31. The lowest BCUT2D eigenvalue weighted by Crippen LogP contribution is -2.39. The van der Waals surface area contributed by atoms with Crippen molar-refractivity contribution >= 4 is 82.5 Å². The van der Waals surface area contributed by atoms with Gasteiger partial charge in [-0.2, -0.15) is 23.2 Å². The molecule has 16 atom stereocenters. The van der Waals surface area contributed by atoms with Crippen molar-refractivity contribution in [1.82, 2.24) is 53.6 Å². The highest BCUT2D eigenvalue weighted by atomic mass is 31.3. The van der Waals surface area contributed by atoms with Gasteiger partial charge in [-0.15, -0.1) is 0 Å². The number of nitrogens with zero attached hydrogens (tertiary/aromatic N) is 10. The van der Waals surface area contributed by atoms with Gasteiger partial charge in [-0.3, -0.25) is 42.3 Å². The second-order valence-electron chi connectivity index (χ2n) is 18.3. The van der Waals surface area contributed by atoms with Gasteiger partial charge in [-0.1, -0.05) is 0 Å². The van der Waals surface area contributed by atoms with Crippen LogP contribution in [0.2, 0.25) is 0 Å². The fourth-order valence-corrected chi connectivity index (χ4v) is 13.6. The molecule has 6 aromatic rings. The molecule has 39 nitrogen and oxygen atoms in total. The number of phosphoric acid groups is 4. The normalized spacial score (nSPS) is 29.4. The first-order chi connectivity index (χ1) is 37.6. The van der Waals surface area contributed by atoms with Crippen LogP contribution in [0.4, 0.5) is 17.7 Å². The Hall–Kier alpha value is -5.15. The van der Waals surface area contributed by atoms with Crippen molar-refractivity contribution in [3.8, 4) is 0 Å². The molecule has 0 saturated carbocycles. The van der Waals surface area contributed by atoms with Crippen LogP contribution in [0.1, 0.15) is 32.5 Å². The van der Waals surface area contributed by atoms with Crippen LogP contribution in [0.25, 0.3) is 33.5 Å². The highest BCUT2D eigenvalue weighted by Crippen LogP contribution is 2.68. The number of nitrogen functional groups attached to an aromatic ring is 2. The predicted octanol–water partition coefficient (Wildman–Crippen LogP) is -3.20. The number of anilines is 3.